The van der Waals surface area contributed by atoms with Gasteiger partial charge in [-0.1, -0.05) is 49.7 Å². The number of amides is 1. The van der Waals surface area contributed by atoms with E-state index >= 15 is 4.39 Å². The number of amidine groups is 2. The minimum atomic E-state index is -1.56. The second kappa shape index (κ2) is 14.5. The van der Waals surface area contributed by atoms with Crippen molar-refractivity contribution in [3.05, 3.63) is 42.0 Å². The summed E-state index contributed by atoms with van der Waals surface area (Å²) in [6, 6.07) is 10.8. The monoisotopic (exact) mass is 561 g/mol. The SMILES string of the molecule is CC/C(=N\C(=NC(Cl)C(F)C(C)c1cc(O)cc2ccccc12)OCCCN(C)C)N1CCN(C(C)=O)CC1. The maximum Gasteiger partial charge on any atom is 0.314 e. The summed E-state index contributed by atoms with van der Waals surface area (Å²) in [5, 5.41) is 11.9. The second-order valence-electron chi connectivity index (χ2n) is 10.2. The van der Waals surface area contributed by atoms with Crippen molar-refractivity contribution in [3.8, 4) is 5.75 Å². The number of rotatable bonds is 9. The van der Waals surface area contributed by atoms with Gasteiger partial charge in [0, 0.05) is 52.0 Å². The molecule has 3 rings (SSSR count). The molecule has 1 heterocycles. The van der Waals surface area contributed by atoms with Gasteiger partial charge < -0.3 is 24.5 Å². The van der Waals surface area contributed by atoms with E-state index in [1.54, 1.807) is 26.0 Å². The first-order valence-electron chi connectivity index (χ1n) is 13.5. The van der Waals surface area contributed by atoms with Gasteiger partial charge in [-0.25, -0.2) is 9.38 Å². The first kappa shape index (κ1) is 30.6. The summed E-state index contributed by atoms with van der Waals surface area (Å²) in [5.74, 6) is 0.251. The Morgan fingerprint density at radius 3 is 2.49 bits per heavy atom. The summed E-state index contributed by atoms with van der Waals surface area (Å²) in [5.41, 5.74) is -0.588. The Bertz CT molecular complexity index is 1170. The van der Waals surface area contributed by atoms with Crippen molar-refractivity contribution in [3.63, 3.8) is 0 Å². The number of nitrogens with zero attached hydrogens (tertiary/aromatic N) is 5. The van der Waals surface area contributed by atoms with Crippen LogP contribution in [0.3, 0.4) is 0 Å². The lowest BCUT2D eigenvalue weighted by Crippen LogP contribution is -2.50. The van der Waals surface area contributed by atoms with Gasteiger partial charge in [-0.15, -0.1) is 0 Å². The van der Waals surface area contributed by atoms with Crippen LogP contribution in [-0.4, -0.2) is 103 Å². The number of halogens is 2. The molecule has 3 atom stereocenters. The molecule has 1 N–H and O–H groups in total. The molecular weight excluding hydrogens is 521 g/mol. The summed E-state index contributed by atoms with van der Waals surface area (Å²) < 4.78 is 21.7. The van der Waals surface area contributed by atoms with Crippen molar-refractivity contribution in [2.24, 2.45) is 9.98 Å². The number of aliphatic imine (C=N–C) groups is 2. The molecule has 2 aromatic rings. The summed E-state index contributed by atoms with van der Waals surface area (Å²) in [6.07, 6.45) is -0.188. The van der Waals surface area contributed by atoms with Crippen molar-refractivity contribution in [1.82, 2.24) is 14.7 Å². The summed E-state index contributed by atoms with van der Waals surface area (Å²) in [6.45, 7) is 9.02. The highest BCUT2D eigenvalue weighted by atomic mass is 35.5. The zero-order valence-electron chi connectivity index (χ0n) is 23.6. The van der Waals surface area contributed by atoms with E-state index in [1.807, 2.05) is 50.2 Å². The van der Waals surface area contributed by atoms with Crippen LogP contribution in [0.4, 0.5) is 4.39 Å². The van der Waals surface area contributed by atoms with Crippen molar-refractivity contribution in [1.29, 1.82) is 0 Å². The maximum absolute atomic E-state index is 15.8. The van der Waals surface area contributed by atoms with E-state index in [9.17, 15) is 9.90 Å². The lowest BCUT2D eigenvalue weighted by atomic mass is 9.91. The van der Waals surface area contributed by atoms with Crippen molar-refractivity contribution < 1.29 is 19.0 Å². The summed E-state index contributed by atoms with van der Waals surface area (Å²) >= 11 is 6.55. The molecule has 214 valence electrons. The number of hydrogen-bond acceptors (Lipinski definition) is 5. The molecule has 0 saturated carbocycles. The normalized spacial score (nSPS) is 17.4. The van der Waals surface area contributed by atoms with E-state index in [0.717, 1.165) is 29.6 Å². The van der Waals surface area contributed by atoms with Crippen LogP contribution >= 0.6 is 11.6 Å². The number of ether oxygens (including phenoxy) is 1. The van der Waals surface area contributed by atoms with Gasteiger partial charge in [-0.05, 0) is 49.0 Å². The third kappa shape index (κ3) is 8.54. The lowest BCUT2D eigenvalue weighted by Gasteiger charge is -2.36. The molecule has 1 saturated heterocycles. The Kier molecular flexibility index (Phi) is 11.4. The minimum absolute atomic E-state index is 0.0511. The van der Waals surface area contributed by atoms with Gasteiger partial charge in [-0.2, -0.15) is 4.99 Å². The molecule has 39 heavy (non-hydrogen) atoms. The fraction of sp³-hybridized carbons (Fsp3) is 0.552. The van der Waals surface area contributed by atoms with Crippen molar-refractivity contribution in [2.75, 3.05) is 53.4 Å². The van der Waals surface area contributed by atoms with Gasteiger partial charge in [0.15, 0.2) is 5.50 Å². The fourth-order valence-corrected chi connectivity index (χ4v) is 4.99. The van der Waals surface area contributed by atoms with E-state index < -0.39 is 17.6 Å². The fourth-order valence-electron chi connectivity index (χ4n) is 4.69. The number of carbonyl (C=O) groups excluding carboxylic acids is 1. The van der Waals surface area contributed by atoms with E-state index in [0.29, 0.717) is 44.8 Å². The van der Waals surface area contributed by atoms with E-state index in [4.69, 9.17) is 16.3 Å². The molecule has 0 aliphatic carbocycles. The molecular formula is C29H41ClFN5O3. The zero-order chi connectivity index (χ0) is 28.5. The Hall–Kier alpha value is -2.91. The van der Waals surface area contributed by atoms with Gasteiger partial charge in [0.1, 0.15) is 17.8 Å². The number of piperazine rings is 1. The van der Waals surface area contributed by atoms with Crippen LogP contribution in [0.15, 0.2) is 46.4 Å². The molecule has 1 aliphatic heterocycles. The van der Waals surface area contributed by atoms with Crippen LogP contribution in [0.1, 0.15) is 45.1 Å². The standard InChI is InChI=1S/C29H41ClFN5O3/c1-6-26(36-15-13-35(14-16-36)21(3)37)32-29(39-17-9-12-34(4)5)33-28(30)27(31)20(2)25-19-23(38)18-22-10-7-8-11-24(22)25/h7-8,10-11,18-20,27-28,38H,6,9,12-17H2,1-5H3/b32-26+,33-29?. The summed E-state index contributed by atoms with van der Waals surface area (Å²) in [4.78, 5) is 26.8. The van der Waals surface area contributed by atoms with Gasteiger partial charge in [0.2, 0.25) is 5.91 Å². The van der Waals surface area contributed by atoms with Gasteiger partial charge in [0.05, 0.1) is 6.61 Å². The van der Waals surface area contributed by atoms with Crippen LogP contribution in [-0.2, 0) is 9.53 Å². The predicted molar refractivity (Wildman–Crippen MR) is 157 cm³/mol. The molecule has 1 fully saturated rings. The lowest BCUT2D eigenvalue weighted by molar-refractivity contribution is -0.130. The van der Waals surface area contributed by atoms with Crippen molar-refractivity contribution in [2.45, 2.75) is 51.2 Å². The molecule has 1 amide bonds. The molecule has 1 aliphatic rings. The van der Waals surface area contributed by atoms with Crippen LogP contribution in [0.5, 0.6) is 5.75 Å². The van der Waals surface area contributed by atoms with Gasteiger partial charge in [-0.3, -0.25) is 4.79 Å². The largest absolute Gasteiger partial charge is 0.508 e. The van der Waals surface area contributed by atoms with E-state index in [-0.39, 0.29) is 17.7 Å². The number of alkyl halides is 2. The molecule has 0 spiro atoms. The second-order valence-corrected chi connectivity index (χ2v) is 10.6. The van der Waals surface area contributed by atoms with Crippen LogP contribution in [0.25, 0.3) is 10.8 Å². The molecule has 0 aromatic heterocycles. The third-order valence-corrected chi connectivity index (χ3v) is 7.29. The Labute approximate surface area is 236 Å². The quantitative estimate of drug-likeness (QED) is 0.156. The number of carbonyl (C=O) groups is 1. The molecule has 8 nitrogen and oxygen atoms in total. The maximum atomic E-state index is 15.8. The Balaban J connectivity index is 1.83. The first-order chi connectivity index (χ1) is 18.6. The van der Waals surface area contributed by atoms with Crippen LogP contribution < -0.4 is 0 Å². The van der Waals surface area contributed by atoms with E-state index in [2.05, 4.69) is 19.8 Å². The highest BCUT2D eigenvalue weighted by molar-refractivity contribution is 6.21. The number of benzene rings is 2. The number of fused-ring (bicyclic) bond motifs is 1. The highest BCUT2D eigenvalue weighted by Crippen LogP contribution is 2.35. The third-order valence-electron chi connectivity index (χ3n) is 6.96. The number of phenolic OH excluding ortho intramolecular Hbond substituents is 1. The molecule has 2 aromatic carbocycles. The van der Waals surface area contributed by atoms with Gasteiger partial charge >= 0.3 is 6.02 Å². The number of aromatic hydroxyl groups is 1. The summed E-state index contributed by atoms with van der Waals surface area (Å²) in [7, 11) is 3.97. The molecule has 3 unspecified atom stereocenters. The highest BCUT2D eigenvalue weighted by Gasteiger charge is 2.29. The number of phenols is 1. The topological polar surface area (TPSA) is 81.0 Å². The van der Waals surface area contributed by atoms with Crippen LogP contribution in [0.2, 0.25) is 0 Å². The van der Waals surface area contributed by atoms with Crippen LogP contribution in [0, 0.1) is 0 Å². The first-order valence-corrected chi connectivity index (χ1v) is 14.0. The number of hydrogen-bond donors (Lipinski definition) is 1. The van der Waals surface area contributed by atoms with Gasteiger partial charge in [0.25, 0.3) is 0 Å². The Morgan fingerprint density at radius 1 is 1.18 bits per heavy atom. The molecule has 10 heteroatoms. The zero-order valence-corrected chi connectivity index (χ0v) is 24.4. The molecule has 0 bridgehead atoms. The molecule has 0 radical (unpaired) electrons. The average molecular weight is 562 g/mol. The average Bonchev–Trinajstić information content (AvgIpc) is 2.92. The predicted octanol–water partition coefficient (Wildman–Crippen LogP) is 4.85. The Morgan fingerprint density at radius 2 is 1.85 bits per heavy atom. The van der Waals surface area contributed by atoms with E-state index in [1.165, 1.54) is 0 Å². The van der Waals surface area contributed by atoms with Crippen molar-refractivity contribution >= 4 is 40.1 Å². The minimum Gasteiger partial charge on any atom is -0.508 e. The smallest absolute Gasteiger partial charge is 0.314 e.